The normalized spacial score (nSPS) is 13.9. The lowest BCUT2D eigenvalue weighted by molar-refractivity contribution is 0.0599. The standard InChI is InChI=1S/C12H14O2/c1-8-6-7-11(12(13)14-2)10-5-3-4-9(8)10/h6-7H,3-5H2,1-2H3. The molecule has 2 nitrogen and oxygen atoms in total. The lowest BCUT2D eigenvalue weighted by Crippen LogP contribution is -2.06. The summed E-state index contributed by atoms with van der Waals surface area (Å²) in [5.41, 5.74) is 4.61. The number of carbonyl (C=O) groups is 1. The minimum atomic E-state index is -0.205. The van der Waals surface area contributed by atoms with Gasteiger partial charge in [-0.15, -0.1) is 0 Å². The van der Waals surface area contributed by atoms with Crippen LogP contribution in [0.5, 0.6) is 0 Å². The van der Waals surface area contributed by atoms with Gasteiger partial charge in [0.2, 0.25) is 0 Å². The molecule has 0 atom stereocenters. The summed E-state index contributed by atoms with van der Waals surface area (Å²) in [5.74, 6) is -0.205. The van der Waals surface area contributed by atoms with Gasteiger partial charge in [-0.2, -0.15) is 0 Å². The lowest BCUT2D eigenvalue weighted by Gasteiger charge is -2.08. The number of ether oxygens (including phenoxy) is 1. The maximum absolute atomic E-state index is 11.5. The molecule has 1 aromatic rings. The minimum Gasteiger partial charge on any atom is -0.465 e. The Hall–Kier alpha value is -1.31. The fraction of sp³-hybridized carbons (Fsp3) is 0.417. The number of carbonyl (C=O) groups excluding carboxylic acids is 1. The van der Waals surface area contributed by atoms with E-state index in [2.05, 4.69) is 6.92 Å². The maximum atomic E-state index is 11.5. The van der Waals surface area contributed by atoms with Crippen molar-refractivity contribution in [2.75, 3.05) is 7.11 Å². The second-order valence-electron chi connectivity index (χ2n) is 3.73. The molecule has 0 saturated carbocycles. The molecule has 0 spiro atoms. The highest BCUT2D eigenvalue weighted by atomic mass is 16.5. The van der Waals surface area contributed by atoms with Crippen LogP contribution in [0.2, 0.25) is 0 Å². The van der Waals surface area contributed by atoms with Crippen molar-refractivity contribution in [1.82, 2.24) is 0 Å². The number of rotatable bonds is 1. The summed E-state index contributed by atoms with van der Waals surface area (Å²) in [7, 11) is 1.43. The molecule has 0 N–H and O–H groups in total. The van der Waals surface area contributed by atoms with E-state index in [1.165, 1.54) is 23.8 Å². The molecular weight excluding hydrogens is 176 g/mol. The van der Waals surface area contributed by atoms with Crippen molar-refractivity contribution in [3.05, 3.63) is 34.4 Å². The van der Waals surface area contributed by atoms with Crippen LogP contribution in [-0.4, -0.2) is 13.1 Å². The van der Waals surface area contributed by atoms with E-state index in [0.29, 0.717) is 0 Å². The van der Waals surface area contributed by atoms with Gasteiger partial charge >= 0.3 is 5.97 Å². The van der Waals surface area contributed by atoms with E-state index >= 15 is 0 Å². The molecule has 0 unspecified atom stereocenters. The Morgan fingerprint density at radius 1 is 1.29 bits per heavy atom. The quantitative estimate of drug-likeness (QED) is 0.635. The summed E-state index contributed by atoms with van der Waals surface area (Å²) in [6.07, 6.45) is 3.28. The largest absolute Gasteiger partial charge is 0.465 e. The van der Waals surface area contributed by atoms with Gasteiger partial charge in [0.15, 0.2) is 0 Å². The smallest absolute Gasteiger partial charge is 0.338 e. The van der Waals surface area contributed by atoms with Crippen molar-refractivity contribution in [3.63, 3.8) is 0 Å². The average Bonchev–Trinajstić information content (AvgIpc) is 2.67. The number of aryl methyl sites for hydroxylation is 1. The Morgan fingerprint density at radius 3 is 2.71 bits per heavy atom. The molecule has 1 aliphatic carbocycles. The summed E-state index contributed by atoms with van der Waals surface area (Å²) in [5, 5.41) is 0. The van der Waals surface area contributed by atoms with Crippen LogP contribution >= 0.6 is 0 Å². The zero-order valence-electron chi connectivity index (χ0n) is 8.59. The SMILES string of the molecule is COC(=O)c1ccc(C)c2c1CCC2. The van der Waals surface area contributed by atoms with Gasteiger partial charge in [-0.05, 0) is 48.9 Å². The average molecular weight is 190 g/mol. The fourth-order valence-corrected chi connectivity index (χ4v) is 2.19. The van der Waals surface area contributed by atoms with E-state index in [0.717, 1.165) is 24.8 Å². The molecule has 2 rings (SSSR count). The van der Waals surface area contributed by atoms with Gasteiger partial charge in [-0.3, -0.25) is 0 Å². The Kier molecular flexibility index (Phi) is 2.28. The Labute approximate surface area is 83.9 Å². The highest BCUT2D eigenvalue weighted by molar-refractivity contribution is 5.91. The first kappa shape index (κ1) is 9.25. The minimum absolute atomic E-state index is 0.205. The van der Waals surface area contributed by atoms with Gasteiger partial charge in [0, 0.05) is 0 Å². The number of methoxy groups -OCH3 is 1. The Balaban J connectivity index is 2.53. The van der Waals surface area contributed by atoms with Crippen LogP contribution < -0.4 is 0 Å². The molecule has 0 saturated heterocycles. The zero-order chi connectivity index (χ0) is 10.1. The molecule has 0 radical (unpaired) electrons. The molecule has 1 aromatic carbocycles. The second-order valence-corrected chi connectivity index (χ2v) is 3.73. The van der Waals surface area contributed by atoms with E-state index in [4.69, 9.17) is 4.74 Å². The van der Waals surface area contributed by atoms with Crippen LogP contribution in [0.25, 0.3) is 0 Å². The number of hydrogen-bond acceptors (Lipinski definition) is 2. The first-order valence-electron chi connectivity index (χ1n) is 4.93. The molecule has 1 aliphatic rings. The third kappa shape index (κ3) is 1.31. The molecule has 2 heteroatoms. The Bertz CT molecular complexity index is 380. The van der Waals surface area contributed by atoms with Crippen molar-refractivity contribution in [1.29, 1.82) is 0 Å². The monoisotopic (exact) mass is 190 g/mol. The van der Waals surface area contributed by atoms with E-state index in [9.17, 15) is 4.79 Å². The van der Waals surface area contributed by atoms with E-state index < -0.39 is 0 Å². The molecule has 14 heavy (non-hydrogen) atoms. The summed E-state index contributed by atoms with van der Waals surface area (Å²) in [4.78, 5) is 11.5. The van der Waals surface area contributed by atoms with Gasteiger partial charge in [0.25, 0.3) is 0 Å². The molecule has 0 aliphatic heterocycles. The van der Waals surface area contributed by atoms with Gasteiger partial charge in [-0.1, -0.05) is 6.07 Å². The van der Waals surface area contributed by atoms with Crippen LogP contribution in [0.1, 0.15) is 33.5 Å². The molecule has 0 fully saturated rings. The highest BCUT2D eigenvalue weighted by Gasteiger charge is 2.20. The van der Waals surface area contributed by atoms with Crippen LogP contribution in [0, 0.1) is 6.92 Å². The van der Waals surface area contributed by atoms with Crippen LogP contribution in [-0.2, 0) is 17.6 Å². The van der Waals surface area contributed by atoms with Crippen molar-refractivity contribution in [3.8, 4) is 0 Å². The van der Waals surface area contributed by atoms with Gasteiger partial charge < -0.3 is 4.74 Å². The van der Waals surface area contributed by atoms with Crippen molar-refractivity contribution in [2.24, 2.45) is 0 Å². The van der Waals surface area contributed by atoms with Crippen LogP contribution in [0.15, 0.2) is 12.1 Å². The zero-order valence-corrected chi connectivity index (χ0v) is 8.59. The fourth-order valence-electron chi connectivity index (χ4n) is 2.19. The third-order valence-corrected chi connectivity index (χ3v) is 2.92. The maximum Gasteiger partial charge on any atom is 0.338 e. The molecule has 0 heterocycles. The van der Waals surface area contributed by atoms with E-state index in [-0.39, 0.29) is 5.97 Å². The van der Waals surface area contributed by atoms with Crippen LogP contribution in [0.3, 0.4) is 0 Å². The summed E-state index contributed by atoms with van der Waals surface area (Å²) in [6.45, 7) is 2.10. The molecule has 74 valence electrons. The Morgan fingerprint density at radius 2 is 2.00 bits per heavy atom. The highest BCUT2D eigenvalue weighted by Crippen LogP contribution is 2.28. The third-order valence-electron chi connectivity index (χ3n) is 2.92. The van der Waals surface area contributed by atoms with Crippen molar-refractivity contribution < 1.29 is 9.53 Å². The molecule has 0 amide bonds. The van der Waals surface area contributed by atoms with Gasteiger partial charge in [-0.25, -0.2) is 4.79 Å². The van der Waals surface area contributed by atoms with Gasteiger partial charge in [0.1, 0.15) is 0 Å². The summed E-state index contributed by atoms with van der Waals surface area (Å²) >= 11 is 0. The first-order valence-corrected chi connectivity index (χ1v) is 4.93. The number of benzene rings is 1. The summed E-state index contributed by atoms with van der Waals surface area (Å²) < 4.78 is 4.76. The predicted octanol–water partition coefficient (Wildman–Crippen LogP) is 2.27. The number of esters is 1. The molecule has 0 aromatic heterocycles. The van der Waals surface area contributed by atoms with Crippen molar-refractivity contribution >= 4 is 5.97 Å². The number of fused-ring (bicyclic) bond motifs is 1. The van der Waals surface area contributed by atoms with E-state index in [1.807, 2.05) is 12.1 Å². The molecule has 0 bridgehead atoms. The predicted molar refractivity (Wildman–Crippen MR) is 54.5 cm³/mol. The van der Waals surface area contributed by atoms with Crippen molar-refractivity contribution in [2.45, 2.75) is 26.2 Å². The number of hydrogen-bond donors (Lipinski definition) is 0. The summed E-state index contributed by atoms with van der Waals surface area (Å²) in [6, 6.07) is 3.89. The second kappa shape index (κ2) is 3.45. The van der Waals surface area contributed by atoms with Gasteiger partial charge in [0.05, 0.1) is 12.7 Å². The first-order chi connectivity index (χ1) is 6.74. The van der Waals surface area contributed by atoms with Crippen LogP contribution in [0.4, 0.5) is 0 Å². The molecular formula is C12H14O2. The lowest BCUT2D eigenvalue weighted by atomic mass is 9.99. The van der Waals surface area contributed by atoms with E-state index in [1.54, 1.807) is 0 Å². The topological polar surface area (TPSA) is 26.3 Å².